The first-order valence-corrected chi connectivity index (χ1v) is 6.21. The highest BCUT2D eigenvalue weighted by Crippen LogP contribution is 2.33. The Bertz CT molecular complexity index is 569. The van der Waals surface area contributed by atoms with Gasteiger partial charge in [0.25, 0.3) is 0 Å². The van der Waals surface area contributed by atoms with Gasteiger partial charge in [-0.1, -0.05) is 6.07 Å². The van der Waals surface area contributed by atoms with Gasteiger partial charge in [0, 0.05) is 30.1 Å². The Morgan fingerprint density at radius 3 is 2.72 bits per heavy atom. The molecule has 18 heavy (non-hydrogen) atoms. The second kappa shape index (κ2) is 4.82. The maximum absolute atomic E-state index is 5.58. The van der Waals surface area contributed by atoms with Gasteiger partial charge in [0.1, 0.15) is 13.2 Å². The van der Waals surface area contributed by atoms with Crippen LogP contribution in [0.5, 0.6) is 11.5 Å². The molecule has 0 saturated heterocycles. The van der Waals surface area contributed by atoms with Gasteiger partial charge >= 0.3 is 0 Å². The number of rotatable bonds is 3. The van der Waals surface area contributed by atoms with Gasteiger partial charge in [-0.3, -0.25) is 4.98 Å². The van der Waals surface area contributed by atoms with Crippen LogP contribution < -0.4 is 14.8 Å². The van der Waals surface area contributed by atoms with E-state index < -0.39 is 0 Å². The minimum atomic E-state index is 0.609. The van der Waals surface area contributed by atoms with Crippen LogP contribution in [0, 0.1) is 0 Å². The Kier molecular flexibility index (Phi) is 3.02. The lowest BCUT2D eigenvalue weighted by atomic mass is 10.1. The molecule has 0 saturated carbocycles. The van der Waals surface area contributed by atoms with E-state index in [9.17, 15) is 0 Å². The molecular formula is C14H16N2O2. The lowest BCUT2D eigenvalue weighted by Gasteiger charge is -2.18. The molecule has 0 radical (unpaired) electrons. The molecule has 1 aromatic heterocycles. The number of aromatic nitrogens is 1. The fourth-order valence-corrected chi connectivity index (χ4v) is 2.09. The van der Waals surface area contributed by atoms with Crippen molar-refractivity contribution in [1.29, 1.82) is 0 Å². The maximum Gasteiger partial charge on any atom is 0.163 e. The summed E-state index contributed by atoms with van der Waals surface area (Å²) >= 11 is 0. The number of fused-ring (bicyclic) bond motifs is 2. The Morgan fingerprint density at radius 2 is 1.94 bits per heavy atom. The van der Waals surface area contributed by atoms with Crippen molar-refractivity contribution < 1.29 is 9.47 Å². The molecule has 0 amide bonds. The minimum absolute atomic E-state index is 0.609. The van der Waals surface area contributed by atoms with Gasteiger partial charge < -0.3 is 14.8 Å². The van der Waals surface area contributed by atoms with Gasteiger partial charge in [0.05, 0.1) is 5.52 Å². The third-order valence-corrected chi connectivity index (χ3v) is 3.04. The van der Waals surface area contributed by atoms with Crippen molar-refractivity contribution in [3.8, 4) is 11.5 Å². The van der Waals surface area contributed by atoms with E-state index in [1.165, 1.54) is 0 Å². The van der Waals surface area contributed by atoms with Gasteiger partial charge in [0.2, 0.25) is 0 Å². The first kappa shape index (κ1) is 11.3. The Balaban J connectivity index is 1.99. The zero-order valence-electron chi connectivity index (χ0n) is 10.4. The number of nitrogens with zero attached hydrogens (tertiary/aromatic N) is 1. The van der Waals surface area contributed by atoms with Crippen LogP contribution in [-0.2, 0) is 6.42 Å². The van der Waals surface area contributed by atoms with Crippen molar-refractivity contribution >= 4 is 10.9 Å². The summed E-state index contributed by atoms with van der Waals surface area (Å²) in [7, 11) is 1.95. The number of nitrogens with one attached hydrogen (secondary N) is 1. The van der Waals surface area contributed by atoms with E-state index in [0.717, 1.165) is 41.1 Å². The number of ether oxygens (including phenoxy) is 2. The molecule has 1 aliphatic rings. The standard InChI is InChI=1S/C14H16N2O2/c1-15-5-4-11-3-2-10-8-13-14(9-12(10)16-11)18-7-6-17-13/h2-3,8-9,15H,4-7H2,1H3. The highest BCUT2D eigenvalue weighted by molar-refractivity contribution is 5.82. The second-order valence-electron chi connectivity index (χ2n) is 4.34. The average molecular weight is 244 g/mol. The molecule has 0 atom stereocenters. The molecule has 4 heteroatoms. The maximum atomic E-state index is 5.58. The summed E-state index contributed by atoms with van der Waals surface area (Å²) in [6, 6.07) is 8.12. The highest BCUT2D eigenvalue weighted by Gasteiger charge is 2.13. The van der Waals surface area contributed by atoms with E-state index in [1.54, 1.807) is 0 Å². The Labute approximate surface area is 106 Å². The first-order chi connectivity index (χ1) is 8.86. The topological polar surface area (TPSA) is 43.4 Å². The summed E-state index contributed by atoms with van der Waals surface area (Å²) in [4.78, 5) is 4.65. The van der Waals surface area contributed by atoms with Crippen molar-refractivity contribution in [1.82, 2.24) is 10.3 Å². The number of pyridine rings is 1. The van der Waals surface area contributed by atoms with Crippen LogP contribution in [0.1, 0.15) is 5.69 Å². The Hall–Kier alpha value is -1.81. The quantitative estimate of drug-likeness (QED) is 0.893. The van der Waals surface area contributed by atoms with E-state index in [4.69, 9.17) is 9.47 Å². The summed E-state index contributed by atoms with van der Waals surface area (Å²) < 4.78 is 11.1. The van der Waals surface area contributed by atoms with Crippen LogP contribution in [0.4, 0.5) is 0 Å². The number of hydrogen-bond donors (Lipinski definition) is 1. The van der Waals surface area contributed by atoms with Gasteiger partial charge in [-0.15, -0.1) is 0 Å². The van der Waals surface area contributed by atoms with E-state index in [2.05, 4.69) is 22.4 Å². The van der Waals surface area contributed by atoms with Gasteiger partial charge in [0.15, 0.2) is 11.5 Å². The predicted molar refractivity (Wildman–Crippen MR) is 70.4 cm³/mol. The Morgan fingerprint density at radius 1 is 1.17 bits per heavy atom. The summed E-state index contributed by atoms with van der Waals surface area (Å²) in [6.07, 6.45) is 0.931. The molecule has 0 aliphatic carbocycles. The highest BCUT2D eigenvalue weighted by atomic mass is 16.6. The number of likely N-dealkylation sites (N-methyl/N-ethyl adjacent to an activating group) is 1. The molecule has 2 heterocycles. The molecule has 2 aromatic rings. The van der Waals surface area contributed by atoms with Crippen LogP contribution in [0.25, 0.3) is 10.9 Å². The predicted octanol–water partition coefficient (Wildman–Crippen LogP) is 1.77. The fourth-order valence-electron chi connectivity index (χ4n) is 2.09. The molecule has 0 fully saturated rings. The van der Waals surface area contributed by atoms with E-state index in [1.807, 2.05) is 19.2 Å². The fraction of sp³-hybridized carbons (Fsp3) is 0.357. The van der Waals surface area contributed by atoms with Crippen molar-refractivity contribution in [2.45, 2.75) is 6.42 Å². The zero-order valence-corrected chi connectivity index (χ0v) is 10.4. The summed E-state index contributed by atoms with van der Waals surface area (Å²) in [5, 5.41) is 4.22. The molecule has 1 aliphatic heterocycles. The molecule has 4 nitrogen and oxygen atoms in total. The van der Waals surface area contributed by atoms with Crippen LogP contribution >= 0.6 is 0 Å². The molecular weight excluding hydrogens is 228 g/mol. The van der Waals surface area contributed by atoms with Crippen molar-refractivity contribution in [2.24, 2.45) is 0 Å². The molecule has 94 valence electrons. The van der Waals surface area contributed by atoms with E-state index >= 15 is 0 Å². The first-order valence-electron chi connectivity index (χ1n) is 6.21. The van der Waals surface area contributed by atoms with Crippen molar-refractivity contribution in [3.05, 3.63) is 30.0 Å². The molecule has 0 spiro atoms. The van der Waals surface area contributed by atoms with Gasteiger partial charge in [-0.2, -0.15) is 0 Å². The van der Waals surface area contributed by atoms with Crippen LogP contribution in [-0.4, -0.2) is 31.8 Å². The lowest BCUT2D eigenvalue weighted by molar-refractivity contribution is 0.172. The number of hydrogen-bond acceptors (Lipinski definition) is 4. The third kappa shape index (κ3) is 2.11. The van der Waals surface area contributed by atoms with E-state index in [-0.39, 0.29) is 0 Å². The smallest absolute Gasteiger partial charge is 0.163 e. The van der Waals surface area contributed by atoms with Gasteiger partial charge in [-0.25, -0.2) is 0 Å². The van der Waals surface area contributed by atoms with Gasteiger partial charge in [-0.05, 0) is 19.2 Å². The molecule has 1 aromatic carbocycles. The summed E-state index contributed by atoms with van der Waals surface area (Å²) in [5.74, 6) is 1.62. The molecule has 0 unspecified atom stereocenters. The average Bonchev–Trinajstić information content (AvgIpc) is 2.42. The molecule has 1 N–H and O–H groups in total. The van der Waals surface area contributed by atoms with Crippen molar-refractivity contribution in [2.75, 3.05) is 26.8 Å². The van der Waals surface area contributed by atoms with Crippen LogP contribution in [0.3, 0.4) is 0 Å². The molecule has 3 rings (SSSR count). The van der Waals surface area contributed by atoms with Crippen molar-refractivity contribution in [3.63, 3.8) is 0 Å². The largest absolute Gasteiger partial charge is 0.486 e. The summed E-state index contributed by atoms with van der Waals surface area (Å²) in [6.45, 7) is 2.16. The summed E-state index contributed by atoms with van der Waals surface area (Å²) in [5.41, 5.74) is 2.06. The van der Waals surface area contributed by atoms with E-state index in [0.29, 0.717) is 13.2 Å². The molecule has 0 bridgehead atoms. The number of benzene rings is 1. The van der Waals surface area contributed by atoms with Crippen LogP contribution in [0.15, 0.2) is 24.3 Å². The SMILES string of the molecule is CNCCc1ccc2cc3c(cc2n1)OCCO3. The third-order valence-electron chi connectivity index (χ3n) is 3.04. The van der Waals surface area contributed by atoms with Crippen LogP contribution in [0.2, 0.25) is 0 Å². The minimum Gasteiger partial charge on any atom is -0.486 e. The zero-order chi connectivity index (χ0) is 12.4. The monoisotopic (exact) mass is 244 g/mol. The second-order valence-corrected chi connectivity index (χ2v) is 4.34. The lowest BCUT2D eigenvalue weighted by Crippen LogP contribution is -2.15. The normalized spacial score (nSPS) is 13.8.